The number of carbonyl (C=O) groups excluding carboxylic acids is 2. The summed E-state index contributed by atoms with van der Waals surface area (Å²) in [4.78, 5) is 24.9. The van der Waals surface area contributed by atoms with E-state index in [0.717, 1.165) is 17.0 Å². The third-order valence-electron chi connectivity index (χ3n) is 2.74. The second kappa shape index (κ2) is 5.62. The molecule has 8 nitrogen and oxygen atoms in total. The zero-order valence-corrected chi connectivity index (χ0v) is 12.3. The molecule has 22 heavy (non-hydrogen) atoms. The smallest absolute Gasteiger partial charge is 0.300 e. The summed E-state index contributed by atoms with van der Waals surface area (Å²) < 4.78 is 27.2. The summed E-state index contributed by atoms with van der Waals surface area (Å²) in [5, 5.41) is 4.35. The van der Waals surface area contributed by atoms with E-state index in [1.807, 2.05) is 0 Å². The van der Waals surface area contributed by atoms with Crippen molar-refractivity contribution in [1.82, 2.24) is 0 Å². The monoisotopic (exact) mass is 323 g/mol. The average molecular weight is 323 g/mol. The van der Waals surface area contributed by atoms with Gasteiger partial charge in [-0.15, -0.1) is 0 Å². The number of amides is 2. The minimum atomic E-state index is -4.07. The lowest BCUT2D eigenvalue weighted by atomic mass is 10.2. The van der Waals surface area contributed by atoms with Gasteiger partial charge in [0.15, 0.2) is 5.76 Å². The fourth-order valence-electron chi connectivity index (χ4n) is 1.76. The minimum absolute atomic E-state index is 0.278. The number of furan rings is 1. The summed E-state index contributed by atoms with van der Waals surface area (Å²) >= 11 is 0. The van der Waals surface area contributed by atoms with Gasteiger partial charge in [-0.3, -0.25) is 9.59 Å². The van der Waals surface area contributed by atoms with Crippen LogP contribution in [0, 0.1) is 0 Å². The van der Waals surface area contributed by atoms with E-state index >= 15 is 0 Å². The van der Waals surface area contributed by atoms with Crippen LogP contribution in [0.15, 0.2) is 45.9 Å². The van der Waals surface area contributed by atoms with E-state index in [-0.39, 0.29) is 11.4 Å². The molecule has 116 valence electrons. The summed E-state index contributed by atoms with van der Waals surface area (Å²) in [5.74, 6) is -1.70. The van der Waals surface area contributed by atoms with Crippen LogP contribution < -0.4 is 15.8 Å². The molecule has 0 atom stereocenters. The first-order valence-electron chi connectivity index (χ1n) is 6.03. The van der Waals surface area contributed by atoms with Crippen LogP contribution in [0.2, 0.25) is 0 Å². The number of imide groups is 1. The molecular weight excluding hydrogens is 310 g/mol. The standard InChI is InChI=1S/C13H13N3O5S/c1-8(17)16(10-4-2-9(14)3-5-10)13(18)11-6-7-12(21-11)22(15,19)20/h2-7H,14H2,1H3,(H2,15,19,20). The predicted molar refractivity (Wildman–Crippen MR) is 78.4 cm³/mol. The second-order valence-corrected chi connectivity index (χ2v) is 5.91. The van der Waals surface area contributed by atoms with Crippen LogP contribution in [-0.4, -0.2) is 20.2 Å². The fraction of sp³-hybridized carbons (Fsp3) is 0.0769. The van der Waals surface area contributed by atoms with Crippen molar-refractivity contribution in [1.29, 1.82) is 0 Å². The van der Waals surface area contributed by atoms with Crippen LogP contribution in [0.5, 0.6) is 0 Å². The molecule has 0 aliphatic heterocycles. The van der Waals surface area contributed by atoms with Crippen LogP contribution in [0.4, 0.5) is 11.4 Å². The molecule has 2 rings (SSSR count). The molecule has 0 unspecified atom stereocenters. The molecule has 0 aliphatic rings. The molecule has 2 aromatic rings. The van der Waals surface area contributed by atoms with Gasteiger partial charge in [0, 0.05) is 12.6 Å². The molecule has 0 saturated carbocycles. The largest absolute Gasteiger partial charge is 0.438 e. The van der Waals surface area contributed by atoms with E-state index in [0.29, 0.717) is 5.69 Å². The number of nitrogen functional groups attached to an aromatic ring is 1. The van der Waals surface area contributed by atoms with Gasteiger partial charge < -0.3 is 10.2 Å². The van der Waals surface area contributed by atoms with Crippen molar-refractivity contribution < 1.29 is 22.4 Å². The first-order chi connectivity index (χ1) is 10.2. The molecule has 1 heterocycles. The molecule has 0 fully saturated rings. The molecule has 9 heteroatoms. The number of sulfonamides is 1. The number of nitrogens with zero attached hydrogens (tertiary/aromatic N) is 1. The maximum absolute atomic E-state index is 12.4. The third kappa shape index (κ3) is 3.15. The van der Waals surface area contributed by atoms with Crippen molar-refractivity contribution in [2.24, 2.45) is 5.14 Å². The Morgan fingerprint density at radius 3 is 2.14 bits per heavy atom. The van der Waals surface area contributed by atoms with Gasteiger partial charge in [-0.2, -0.15) is 0 Å². The van der Waals surface area contributed by atoms with Gasteiger partial charge in [0.05, 0.1) is 5.69 Å². The summed E-state index contributed by atoms with van der Waals surface area (Å²) in [6.45, 7) is 1.19. The predicted octanol–water partition coefficient (Wildman–Crippen LogP) is 0.703. The van der Waals surface area contributed by atoms with Crippen molar-refractivity contribution >= 4 is 33.2 Å². The van der Waals surface area contributed by atoms with E-state index in [9.17, 15) is 18.0 Å². The average Bonchev–Trinajstić information content (AvgIpc) is 2.90. The van der Waals surface area contributed by atoms with Gasteiger partial charge in [-0.1, -0.05) is 0 Å². The van der Waals surface area contributed by atoms with Crippen LogP contribution in [0.25, 0.3) is 0 Å². The zero-order valence-electron chi connectivity index (χ0n) is 11.5. The fourth-order valence-corrected chi connectivity index (χ4v) is 2.23. The van der Waals surface area contributed by atoms with E-state index in [1.165, 1.54) is 31.2 Å². The molecule has 1 aromatic carbocycles. The first kappa shape index (κ1) is 15.7. The number of carbonyl (C=O) groups is 2. The number of anilines is 2. The van der Waals surface area contributed by atoms with Gasteiger partial charge in [0.25, 0.3) is 10.0 Å². The Bertz CT molecular complexity index is 824. The molecule has 4 N–H and O–H groups in total. The van der Waals surface area contributed by atoms with Crippen molar-refractivity contribution in [3.05, 3.63) is 42.2 Å². The summed E-state index contributed by atoms with van der Waals surface area (Å²) in [5.41, 5.74) is 6.30. The summed E-state index contributed by atoms with van der Waals surface area (Å²) in [7, 11) is -4.07. The maximum atomic E-state index is 12.4. The highest BCUT2D eigenvalue weighted by Crippen LogP contribution is 2.21. The van der Waals surface area contributed by atoms with Crippen LogP contribution in [0.3, 0.4) is 0 Å². The highest BCUT2D eigenvalue weighted by atomic mass is 32.2. The minimum Gasteiger partial charge on any atom is -0.438 e. The Labute approximate surface area is 126 Å². The molecule has 0 bridgehead atoms. The Balaban J connectivity index is 2.41. The van der Waals surface area contributed by atoms with Crippen molar-refractivity contribution in [2.75, 3.05) is 10.6 Å². The Kier molecular flexibility index (Phi) is 4.02. The molecule has 0 aliphatic carbocycles. The second-order valence-electron chi connectivity index (χ2n) is 4.41. The Hall–Kier alpha value is -2.65. The summed E-state index contributed by atoms with van der Waals surface area (Å²) in [6.07, 6.45) is 0. The van der Waals surface area contributed by atoms with Crippen LogP contribution >= 0.6 is 0 Å². The molecule has 1 aromatic heterocycles. The van der Waals surface area contributed by atoms with E-state index in [2.05, 4.69) is 0 Å². The molecule has 2 amide bonds. The highest BCUT2D eigenvalue weighted by Gasteiger charge is 2.26. The van der Waals surface area contributed by atoms with Gasteiger partial charge in [-0.05, 0) is 36.4 Å². The number of rotatable bonds is 3. The van der Waals surface area contributed by atoms with Gasteiger partial charge in [-0.25, -0.2) is 18.5 Å². The lowest BCUT2D eigenvalue weighted by molar-refractivity contribution is -0.116. The van der Waals surface area contributed by atoms with E-state index in [4.69, 9.17) is 15.3 Å². The van der Waals surface area contributed by atoms with Crippen molar-refractivity contribution in [2.45, 2.75) is 12.0 Å². The van der Waals surface area contributed by atoms with E-state index < -0.39 is 26.9 Å². The number of hydrogen-bond donors (Lipinski definition) is 2. The van der Waals surface area contributed by atoms with Crippen LogP contribution in [-0.2, 0) is 14.8 Å². The normalized spacial score (nSPS) is 11.2. The molecule has 0 radical (unpaired) electrons. The maximum Gasteiger partial charge on any atom is 0.300 e. The summed E-state index contributed by atoms with van der Waals surface area (Å²) in [6, 6.07) is 8.20. The number of nitrogens with two attached hydrogens (primary N) is 2. The Morgan fingerprint density at radius 2 is 1.68 bits per heavy atom. The van der Waals surface area contributed by atoms with Crippen molar-refractivity contribution in [3.8, 4) is 0 Å². The van der Waals surface area contributed by atoms with Gasteiger partial charge in [0.1, 0.15) is 0 Å². The van der Waals surface area contributed by atoms with Gasteiger partial charge in [0.2, 0.25) is 11.0 Å². The lowest BCUT2D eigenvalue weighted by Crippen LogP contribution is -2.35. The van der Waals surface area contributed by atoms with Crippen molar-refractivity contribution in [3.63, 3.8) is 0 Å². The van der Waals surface area contributed by atoms with E-state index in [1.54, 1.807) is 0 Å². The number of benzene rings is 1. The van der Waals surface area contributed by atoms with Crippen LogP contribution in [0.1, 0.15) is 17.5 Å². The number of primary sulfonamides is 1. The first-order valence-corrected chi connectivity index (χ1v) is 7.58. The topological polar surface area (TPSA) is 137 Å². The lowest BCUT2D eigenvalue weighted by Gasteiger charge is -2.18. The van der Waals surface area contributed by atoms with Gasteiger partial charge >= 0.3 is 5.91 Å². The molecular formula is C13H13N3O5S. The Morgan fingerprint density at radius 1 is 1.09 bits per heavy atom. The number of hydrogen-bond acceptors (Lipinski definition) is 6. The quantitative estimate of drug-likeness (QED) is 0.798. The molecule has 0 spiro atoms. The highest BCUT2D eigenvalue weighted by molar-refractivity contribution is 7.89. The SMILES string of the molecule is CC(=O)N(C(=O)c1ccc(S(N)(=O)=O)o1)c1ccc(N)cc1. The third-order valence-corrected chi connectivity index (χ3v) is 3.52. The zero-order chi connectivity index (χ0) is 16.5. The molecule has 0 saturated heterocycles.